The third-order valence-electron chi connectivity index (χ3n) is 2.93. The maximum atomic E-state index is 13.9. The van der Waals surface area contributed by atoms with Crippen LogP contribution in [0.25, 0.3) is 11.3 Å². The van der Waals surface area contributed by atoms with Gasteiger partial charge in [-0.1, -0.05) is 6.07 Å². The average molecular weight is 263 g/mol. The maximum absolute atomic E-state index is 13.9. The molecular weight excluding hydrogens is 245 g/mol. The van der Waals surface area contributed by atoms with Gasteiger partial charge in [0.1, 0.15) is 17.4 Å². The molecule has 5 heteroatoms. The molecule has 0 aliphatic carbocycles. The Morgan fingerprint density at radius 2 is 2.26 bits per heavy atom. The zero-order valence-electron chi connectivity index (χ0n) is 11.2. The number of ether oxygens (including phenoxy) is 1. The van der Waals surface area contributed by atoms with E-state index in [-0.39, 0.29) is 5.82 Å². The Morgan fingerprint density at radius 1 is 1.42 bits per heavy atom. The Morgan fingerprint density at radius 3 is 3.00 bits per heavy atom. The first-order chi connectivity index (χ1) is 9.26. The predicted octanol–water partition coefficient (Wildman–Crippen LogP) is 2.38. The number of methoxy groups -OCH3 is 1. The molecule has 0 saturated heterocycles. The van der Waals surface area contributed by atoms with Crippen molar-refractivity contribution in [2.24, 2.45) is 0 Å². The Labute approximate surface area is 112 Å². The number of aromatic amines is 1. The van der Waals surface area contributed by atoms with Crippen molar-refractivity contribution in [2.75, 3.05) is 20.7 Å². The van der Waals surface area contributed by atoms with E-state index in [0.717, 1.165) is 25.2 Å². The van der Waals surface area contributed by atoms with Crippen molar-refractivity contribution in [2.45, 2.75) is 12.8 Å². The summed E-state index contributed by atoms with van der Waals surface area (Å²) in [6.07, 6.45) is 3.46. The second-order valence-electron chi connectivity index (χ2n) is 4.27. The fourth-order valence-corrected chi connectivity index (χ4v) is 1.99. The molecule has 1 aromatic carbocycles. The summed E-state index contributed by atoms with van der Waals surface area (Å²) in [5.41, 5.74) is 1.08. The van der Waals surface area contributed by atoms with Gasteiger partial charge in [-0.25, -0.2) is 9.37 Å². The number of nitrogens with zero attached hydrogens (tertiary/aromatic N) is 1. The van der Waals surface area contributed by atoms with Gasteiger partial charge in [-0.2, -0.15) is 0 Å². The molecule has 0 fully saturated rings. The molecule has 0 aliphatic rings. The third kappa shape index (κ3) is 3.12. The number of benzene rings is 1. The first kappa shape index (κ1) is 13.5. The molecule has 4 nitrogen and oxygen atoms in total. The lowest BCUT2D eigenvalue weighted by molar-refractivity contribution is 0.413. The summed E-state index contributed by atoms with van der Waals surface area (Å²) in [7, 11) is 3.44. The van der Waals surface area contributed by atoms with Gasteiger partial charge in [-0.05, 0) is 32.1 Å². The van der Waals surface area contributed by atoms with E-state index in [1.54, 1.807) is 18.3 Å². The monoisotopic (exact) mass is 263 g/mol. The summed E-state index contributed by atoms with van der Waals surface area (Å²) in [6, 6.07) is 4.78. The van der Waals surface area contributed by atoms with Crippen LogP contribution in [0.3, 0.4) is 0 Å². The van der Waals surface area contributed by atoms with E-state index < -0.39 is 0 Å². The number of rotatable bonds is 6. The van der Waals surface area contributed by atoms with Crippen LogP contribution in [0.1, 0.15) is 12.2 Å². The Hall–Kier alpha value is -1.88. The topological polar surface area (TPSA) is 49.9 Å². The van der Waals surface area contributed by atoms with Gasteiger partial charge in [0.2, 0.25) is 0 Å². The Balaban J connectivity index is 2.23. The maximum Gasteiger partial charge on any atom is 0.136 e. The molecule has 102 valence electrons. The highest BCUT2D eigenvalue weighted by molar-refractivity contribution is 5.67. The zero-order valence-corrected chi connectivity index (χ0v) is 11.2. The fourth-order valence-electron chi connectivity index (χ4n) is 1.99. The number of aryl methyl sites for hydroxylation is 1. The molecule has 0 aliphatic heterocycles. The number of hydrogen-bond acceptors (Lipinski definition) is 3. The minimum Gasteiger partial charge on any atom is -0.496 e. The van der Waals surface area contributed by atoms with Crippen molar-refractivity contribution in [3.05, 3.63) is 36.0 Å². The Bertz CT molecular complexity index is 539. The summed E-state index contributed by atoms with van der Waals surface area (Å²) in [6.45, 7) is 0.930. The number of aromatic nitrogens is 2. The van der Waals surface area contributed by atoms with Crippen molar-refractivity contribution >= 4 is 0 Å². The van der Waals surface area contributed by atoms with Crippen molar-refractivity contribution < 1.29 is 9.13 Å². The van der Waals surface area contributed by atoms with Gasteiger partial charge in [0.15, 0.2) is 0 Å². The molecule has 0 unspecified atom stereocenters. The first-order valence-corrected chi connectivity index (χ1v) is 6.27. The van der Waals surface area contributed by atoms with E-state index in [1.807, 2.05) is 7.05 Å². The molecule has 19 heavy (non-hydrogen) atoms. The van der Waals surface area contributed by atoms with E-state index in [1.165, 1.54) is 13.2 Å². The molecule has 2 N–H and O–H groups in total. The van der Waals surface area contributed by atoms with Crippen LogP contribution >= 0.6 is 0 Å². The lowest BCUT2D eigenvalue weighted by Crippen LogP contribution is -2.08. The zero-order chi connectivity index (χ0) is 13.7. The SMILES string of the molecule is CNCCCc1ncc(-c2c(F)cccc2OC)[nH]1. The van der Waals surface area contributed by atoms with Crippen molar-refractivity contribution in [1.82, 2.24) is 15.3 Å². The van der Waals surface area contributed by atoms with Crippen LogP contribution in [0.4, 0.5) is 4.39 Å². The summed E-state index contributed by atoms with van der Waals surface area (Å²) in [5, 5.41) is 3.08. The molecule has 0 bridgehead atoms. The van der Waals surface area contributed by atoms with Crippen LogP contribution in [0.2, 0.25) is 0 Å². The van der Waals surface area contributed by atoms with Crippen molar-refractivity contribution in [1.29, 1.82) is 0 Å². The second-order valence-corrected chi connectivity index (χ2v) is 4.27. The van der Waals surface area contributed by atoms with Gasteiger partial charge in [-0.3, -0.25) is 0 Å². The highest BCUT2D eigenvalue weighted by atomic mass is 19.1. The summed E-state index contributed by atoms with van der Waals surface area (Å²) >= 11 is 0. The molecule has 0 atom stereocenters. The van der Waals surface area contributed by atoms with Gasteiger partial charge in [0.05, 0.1) is 24.6 Å². The highest BCUT2D eigenvalue weighted by Gasteiger charge is 2.13. The molecule has 0 saturated carbocycles. The van der Waals surface area contributed by atoms with E-state index in [0.29, 0.717) is 17.0 Å². The molecule has 0 radical (unpaired) electrons. The van der Waals surface area contributed by atoms with Crippen LogP contribution in [-0.4, -0.2) is 30.7 Å². The van der Waals surface area contributed by atoms with E-state index >= 15 is 0 Å². The predicted molar refractivity (Wildman–Crippen MR) is 72.8 cm³/mol. The van der Waals surface area contributed by atoms with E-state index in [9.17, 15) is 4.39 Å². The average Bonchev–Trinajstić information content (AvgIpc) is 2.87. The highest BCUT2D eigenvalue weighted by Crippen LogP contribution is 2.31. The van der Waals surface area contributed by atoms with E-state index in [4.69, 9.17) is 4.74 Å². The van der Waals surface area contributed by atoms with Crippen LogP contribution in [0.5, 0.6) is 5.75 Å². The molecule has 1 heterocycles. The van der Waals surface area contributed by atoms with Gasteiger partial charge < -0.3 is 15.0 Å². The van der Waals surface area contributed by atoms with Crippen LogP contribution in [0.15, 0.2) is 24.4 Å². The van der Waals surface area contributed by atoms with Crippen molar-refractivity contribution in [3.8, 4) is 17.0 Å². The second kappa shape index (κ2) is 6.33. The smallest absolute Gasteiger partial charge is 0.136 e. The molecule has 2 aromatic rings. The minimum absolute atomic E-state index is 0.315. The number of H-pyrrole nitrogens is 1. The van der Waals surface area contributed by atoms with Crippen molar-refractivity contribution in [3.63, 3.8) is 0 Å². The number of hydrogen-bond donors (Lipinski definition) is 2. The number of imidazole rings is 1. The van der Waals surface area contributed by atoms with Crippen LogP contribution in [-0.2, 0) is 6.42 Å². The summed E-state index contributed by atoms with van der Waals surface area (Å²) < 4.78 is 19.1. The third-order valence-corrected chi connectivity index (χ3v) is 2.93. The molecule has 0 amide bonds. The van der Waals surface area contributed by atoms with Gasteiger partial charge in [-0.15, -0.1) is 0 Å². The lowest BCUT2D eigenvalue weighted by atomic mass is 10.1. The number of nitrogens with one attached hydrogen (secondary N) is 2. The van der Waals surface area contributed by atoms with Gasteiger partial charge in [0, 0.05) is 6.42 Å². The minimum atomic E-state index is -0.315. The molecule has 0 spiro atoms. The first-order valence-electron chi connectivity index (χ1n) is 6.27. The fraction of sp³-hybridized carbons (Fsp3) is 0.357. The van der Waals surface area contributed by atoms with Gasteiger partial charge in [0.25, 0.3) is 0 Å². The standard InChI is InChI=1S/C14H18FN3O/c1-16-8-4-7-13-17-9-11(18-13)14-10(15)5-3-6-12(14)19-2/h3,5-6,9,16H,4,7-8H2,1-2H3,(H,17,18). The summed E-state index contributed by atoms with van der Waals surface area (Å²) in [5.74, 6) is 1.05. The Kier molecular flexibility index (Phi) is 4.52. The molecular formula is C14H18FN3O. The van der Waals surface area contributed by atoms with Crippen LogP contribution in [0, 0.1) is 5.82 Å². The molecule has 2 rings (SSSR count). The van der Waals surface area contributed by atoms with Gasteiger partial charge >= 0.3 is 0 Å². The number of halogens is 1. The quantitative estimate of drug-likeness (QED) is 0.787. The summed E-state index contributed by atoms with van der Waals surface area (Å²) in [4.78, 5) is 7.42. The largest absolute Gasteiger partial charge is 0.496 e. The normalized spacial score (nSPS) is 10.7. The lowest BCUT2D eigenvalue weighted by Gasteiger charge is -2.07. The molecule has 1 aromatic heterocycles. The van der Waals surface area contributed by atoms with E-state index in [2.05, 4.69) is 15.3 Å². The van der Waals surface area contributed by atoms with Crippen LogP contribution < -0.4 is 10.1 Å².